The van der Waals surface area contributed by atoms with Gasteiger partial charge in [0.05, 0.1) is 0 Å². The third-order valence-electron chi connectivity index (χ3n) is 4.70. The highest BCUT2D eigenvalue weighted by Crippen LogP contribution is 2.22. The van der Waals surface area contributed by atoms with Crippen LogP contribution in [-0.4, -0.2) is 41.9 Å². The number of hydrogen-bond acceptors (Lipinski definition) is 3. The molecule has 0 bridgehead atoms. The van der Waals surface area contributed by atoms with Crippen LogP contribution < -0.4 is 0 Å². The molecule has 0 aromatic rings. The minimum absolute atomic E-state index is 0.114. The molecule has 1 fully saturated rings. The first-order chi connectivity index (χ1) is 11.1. The van der Waals surface area contributed by atoms with Gasteiger partial charge in [0.15, 0.2) is 0 Å². The molecule has 0 spiro atoms. The Balaban J connectivity index is 2.76. The van der Waals surface area contributed by atoms with Crippen molar-refractivity contribution >= 4 is 5.91 Å². The second-order valence-corrected chi connectivity index (χ2v) is 6.61. The fraction of sp³-hybridized carbons (Fsp3) is 0.789. The van der Waals surface area contributed by atoms with E-state index in [1.807, 2.05) is 7.05 Å². The Morgan fingerprint density at radius 1 is 1.13 bits per heavy atom. The Morgan fingerprint density at radius 3 is 2.17 bits per heavy atom. The van der Waals surface area contributed by atoms with Crippen molar-refractivity contribution in [1.82, 2.24) is 9.80 Å². The summed E-state index contributed by atoms with van der Waals surface area (Å²) in [6.45, 7) is 6.16. The van der Waals surface area contributed by atoms with Crippen LogP contribution in [0.15, 0.2) is 11.8 Å². The van der Waals surface area contributed by atoms with Crippen molar-refractivity contribution in [3.63, 3.8) is 0 Å². The van der Waals surface area contributed by atoms with E-state index in [0.29, 0.717) is 6.04 Å². The zero-order valence-electron chi connectivity index (χ0n) is 15.2. The molecule has 1 saturated carbocycles. The molecule has 0 heterocycles. The van der Waals surface area contributed by atoms with Crippen LogP contribution >= 0.6 is 0 Å². The zero-order chi connectivity index (χ0) is 17.1. The van der Waals surface area contributed by atoms with Gasteiger partial charge < -0.3 is 9.80 Å². The third-order valence-corrected chi connectivity index (χ3v) is 4.70. The first kappa shape index (κ1) is 19.5. The van der Waals surface area contributed by atoms with E-state index in [4.69, 9.17) is 0 Å². The zero-order valence-corrected chi connectivity index (χ0v) is 15.2. The molecule has 1 amide bonds. The summed E-state index contributed by atoms with van der Waals surface area (Å²) in [5.74, 6) is -0.114. The normalized spacial score (nSPS) is 16.0. The molecule has 4 nitrogen and oxygen atoms in total. The van der Waals surface area contributed by atoms with Crippen LogP contribution in [-0.2, 0) is 4.79 Å². The molecule has 130 valence electrons. The minimum atomic E-state index is -0.114. The predicted molar refractivity (Wildman–Crippen MR) is 94.7 cm³/mol. The van der Waals surface area contributed by atoms with E-state index >= 15 is 0 Å². The van der Waals surface area contributed by atoms with Crippen molar-refractivity contribution in [2.45, 2.75) is 77.7 Å². The van der Waals surface area contributed by atoms with Gasteiger partial charge in [0.2, 0.25) is 0 Å². The van der Waals surface area contributed by atoms with Crippen molar-refractivity contribution in [3.05, 3.63) is 11.8 Å². The molecule has 23 heavy (non-hydrogen) atoms. The molecule has 4 heteroatoms. The fourth-order valence-electron chi connectivity index (χ4n) is 3.10. The van der Waals surface area contributed by atoms with Gasteiger partial charge in [-0.15, -0.1) is 0 Å². The standard InChI is InChI=1S/C19H33N3O/c1-4-6-13-22(14-7-5-2)16-17(15-20)19(23)21(3)18-11-9-8-10-12-18/h16,18H,4-14H2,1-3H3/b17-16-. The van der Waals surface area contributed by atoms with Crippen LogP contribution in [0.5, 0.6) is 0 Å². The Labute approximate surface area is 142 Å². The van der Waals surface area contributed by atoms with Gasteiger partial charge in [-0.3, -0.25) is 4.79 Å². The molecule has 0 radical (unpaired) electrons. The van der Waals surface area contributed by atoms with Gasteiger partial charge >= 0.3 is 0 Å². The minimum Gasteiger partial charge on any atom is -0.376 e. The van der Waals surface area contributed by atoms with E-state index in [1.54, 1.807) is 11.1 Å². The van der Waals surface area contributed by atoms with E-state index in [0.717, 1.165) is 51.6 Å². The number of rotatable bonds is 9. The summed E-state index contributed by atoms with van der Waals surface area (Å²) in [6.07, 6.45) is 12.0. The van der Waals surface area contributed by atoms with Crippen LogP contribution in [0.3, 0.4) is 0 Å². The van der Waals surface area contributed by atoms with E-state index in [9.17, 15) is 10.1 Å². The van der Waals surface area contributed by atoms with Gasteiger partial charge in [0, 0.05) is 32.4 Å². The molecule has 1 aliphatic rings. The average molecular weight is 319 g/mol. The van der Waals surface area contributed by atoms with Crippen LogP contribution in [0.4, 0.5) is 0 Å². The molecule has 0 aromatic carbocycles. The lowest BCUT2D eigenvalue weighted by Crippen LogP contribution is -2.39. The molecule has 0 atom stereocenters. The van der Waals surface area contributed by atoms with Gasteiger partial charge in [0.25, 0.3) is 5.91 Å². The quantitative estimate of drug-likeness (QED) is 0.475. The highest BCUT2D eigenvalue weighted by Gasteiger charge is 2.24. The molecule has 0 unspecified atom stereocenters. The van der Waals surface area contributed by atoms with Crippen molar-refractivity contribution in [2.24, 2.45) is 0 Å². The molecule has 0 aliphatic heterocycles. The monoisotopic (exact) mass is 319 g/mol. The maximum Gasteiger partial charge on any atom is 0.265 e. The Kier molecular flexibility index (Phi) is 9.43. The van der Waals surface area contributed by atoms with Gasteiger partial charge in [-0.25, -0.2) is 0 Å². The van der Waals surface area contributed by atoms with Crippen LogP contribution in [0, 0.1) is 11.3 Å². The summed E-state index contributed by atoms with van der Waals surface area (Å²) in [4.78, 5) is 16.6. The summed E-state index contributed by atoms with van der Waals surface area (Å²) in [7, 11) is 1.85. The lowest BCUT2D eigenvalue weighted by molar-refractivity contribution is -0.128. The summed E-state index contributed by atoms with van der Waals surface area (Å²) in [6, 6.07) is 2.43. The summed E-state index contributed by atoms with van der Waals surface area (Å²) < 4.78 is 0. The van der Waals surface area contributed by atoms with E-state index in [-0.39, 0.29) is 11.5 Å². The van der Waals surface area contributed by atoms with Gasteiger partial charge in [-0.05, 0) is 25.7 Å². The highest BCUT2D eigenvalue weighted by atomic mass is 16.2. The molecular formula is C19H33N3O. The summed E-state index contributed by atoms with van der Waals surface area (Å²) >= 11 is 0. The number of likely N-dealkylation sites (N-methyl/N-ethyl adjacent to an activating group) is 1. The van der Waals surface area contributed by atoms with E-state index < -0.39 is 0 Å². The van der Waals surface area contributed by atoms with E-state index in [2.05, 4.69) is 24.8 Å². The Bertz CT molecular complexity index is 411. The van der Waals surface area contributed by atoms with Crippen molar-refractivity contribution in [1.29, 1.82) is 5.26 Å². The maximum absolute atomic E-state index is 12.7. The second kappa shape index (κ2) is 11.1. The molecule has 0 N–H and O–H groups in total. The van der Waals surface area contributed by atoms with Gasteiger partial charge in [-0.2, -0.15) is 5.26 Å². The number of unbranched alkanes of at least 4 members (excludes halogenated alkanes) is 2. The van der Waals surface area contributed by atoms with Crippen molar-refractivity contribution in [2.75, 3.05) is 20.1 Å². The molecule has 0 saturated heterocycles. The average Bonchev–Trinajstić information content (AvgIpc) is 2.60. The number of amides is 1. The summed E-state index contributed by atoms with van der Waals surface area (Å²) in [5, 5.41) is 9.45. The first-order valence-electron chi connectivity index (χ1n) is 9.27. The largest absolute Gasteiger partial charge is 0.376 e. The number of carbonyl (C=O) groups is 1. The Morgan fingerprint density at radius 2 is 1.70 bits per heavy atom. The molecule has 1 aliphatic carbocycles. The number of nitriles is 1. The fourth-order valence-corrected chi connectivity index (χ4v) is 3.10. The third kappa shape index (κ3) is 6.64. The number of nitrogens with zero attached hydrogens (tertiary/aromatic N) is 3. The smallest absolute Gasteiger partial charge is 0.265 e. The summed E-state index contributed by atoms with van der Waals surface area (Å²) in [5.41, 5.74) is 0.283. The highest BCUT2D eigenvalue weighted by molar-refractivity contribution is 5.97. The molecule has 0 aromatic heterocycles. The lowest BCUT2D eigenvalue weighted by atomic mass is 9.94. The van der Waals surface area contributed by atoms with Gasteiger partial charge in [-0.1, -0.05) is 46.0 Å². The SMILES string of the molecule is CCCCN(/C=C(/C#N)C(=O)N(C)C1CCCCC1)CCCC. The number of hydrogen-bond donors (Lipinski definition) is 0. The van der Waals surface area contributed by atoms with E-state index in [1.165, 1.54) is 19.3 Å². The predicted octanol–water partition coefficient (Wildman–Crippen LogP) is 4.09. The van der Waals surface area contributed by atoms with Gasteiger partial charge in [0.1, 0.15) is 11.6 Å². The van der Waals surface area contributed by atoms with Crippen LogP contribution in [0.1, 0.15) is 71.6 Å². The number of carbonyl (C=O) groups excluding carboxylic acids is 1. The molecule has 1 rings (SSSR count). The van der Waals surface area contributed by atoms with Crippen LogP contribution in [0.2, 0.25) is 0 Å². The topological polar surface area (TPSA) is 47.3 Å². The Hall–Kier alpha value is -1.50. The second-order valence-electron chi connectivity index (χ2n) is 6.61. The van der Waals surface area contributed by atoms with Crippen molar-refractivity contribution in [3.8, 4) is 6.07 Å². The van der Waals surface area contributed by atoms with Crippen molar-refractivity contribution < 1.29 is 4.79 Å². The van der Waals surface area contributed by atoms with Crippen LogP contribution in [0.25, 0.3) is 0 Å². The maximum atomic E-state index is 12.7. The first-order valence-corrected chi connectivity index (χ1v) is 9.27. The lowest BCUT2D eigenvalue weighted by Gasteiger charge is -2.31. The molecular weight excluding hydrogens is 286 g/mol.